The molecule has 0 fully saturated rings. The van der Waals surface area contributed by atoms with E-state index in [1.165, 1.54) is 10.5 Å². The third-order valence-electron chi connectivity index (χ3n) is 3.71. The van der Waals surface area contributed by atoms with Crippen LogP contribution >= 0.6 is 11.8 Å². The molecule has 0 aliphatic carbocycles. The van der Waals surface area contributed by atoms with Crippen LogP contribution in [-0.2, 0) is 22.8 Å². The minimum Gasteiger partial charge on any atom is -0.479 e. The molecule has 0 radical (unpaired) electrons. The maximum Gasteiger partial charge on any atom is 0.335 e. The first-order valence-electron chi connectivity index (χ1n) is 8.73. The number of aliphatic hydroxyl groups is 2. The van der Waals surface area contributed by atoms with Crippen LogP contribution in [0.1, 0.15) is 11.1 Å². The molecule has 2 aromatic carbocycles. The number of carboxylic acids is 2. The van der Waals surface area contributed by atoms with Crippen LogP contribution in [0, 0.1) is 0 Å². The molecule has 0 amide bonds. The number of hydrogen-bond donors (Lipinski definition) is 5. The van der Waals surface area contributed by atoms with Crippen LogP contribution < -0.4 is 5.73 Å². The van der Waals surface area contributed by atoms with Gasteiger partial charge in [-0.25, -0.2) is 14.0 Å². The van der Waals surface area contributed by atoms with Gasteiger partial charge in [0, 0.05) is 22.0 Å². The summed E-state index contributed by atoms with van der Waals surface area (Å²) >= 11 is 1.63. The van der Waals surface area contributed by atoms with E-state index in [1.54, 1.807) is 23.9 Å². The van der Waals surface area contributed by atoms with Crippen molar-refractivity contribution in [1.82, 2.24) is 4.90 Å². The van der Waals surface area contributed by atoms with Crippen LogP contribution in [0.25, 0.3) is 0 Å². The summed E-state index contributed by atoms with van der Waals surface area (Å²) in [6.07, 6.45) is -4.53. The van der Waals surface area contributed by atoms with Crippen molar-refractivity contribution < 1.29 is 34.4 Å². The number of anilines is 1. The summed E-state index contributed by atoms with van der Waals surface area (Å²) in [7, 11) is 4.09. The highest BCUT2D eigenvalue weighted by Crippen LogP contribution is 2.35. The van der Waals surface area contributed by atoms with Gasteiger partial charge in [0.2, 0.25) is 0 Å². The van der Waals surface area contributed by atoms with E-state index in [0.717, 1.165) is 11.4 Å². The zero-order valence-electron chi connectivity index (χ0n) is 16.5. The SMILES string of the molecule is CN(C)Cc1ccccc1Sc1ccc(CF)cc1N.O=C(O)C(O)C(O)C(=O)O. The van der Waals surface area contributed by atoms with Gasteiger partial charge in [0.25, 0.3) is 0 Å². The number of nitrogens with two attached hydrogens (primary N) is 1. The predicted octanol–water partition coefficient (Wildman–Crippen LogP) is 1.83. The monoisotopic (exact) mass is 440 g/mol. The van der Waals surface area contributed by atoms with Crippen molar-refractivity contribution in [3.8, 4) is 0 Å². The van der Waals surface area contributed by atoms with E-state index in [4.69, 9.17) is 26.2 Å². The molecule has 0 aliphatic rings. The predicted molar refractivity (Wildman–Crippen MR) is 111 cm³/mol. The molecule has 0 saturated heterocycles. The van der Waals surface area contributed by atoms with Crippen LogP contribution in [-0.4, -0.2) is 63.6 Å². The summed E-state index contributed by atoms with van der Waals surface area (Å²) in [6, 6.07) is 13.7. The largest absolute Gasteiger partial charge is 0.479 e. The van der Waals surface area contributed by atoms with Gasteiger partial charge in [0.05, 0.1) is 0 Å². The molecular formula is C20H25FN2O6S. The first-order chi connectivity index (χ1) is 14.1. The Morgan fingerprint density at radius 2 is 1.60 bits per heavy atom. The van der Waals surface area contributed by atoms with Gasteiger partial charge in [0.1, 0.15) is 6.67 Å². The van der Waals surface area contributed by atoms with Gasteiger partial charge in [-0.1, -0.05) is 36.0 Å². The molecular weight excluding hydrogens is 415 g/mol. The van der Waals surface area contributed by atoms with Crippen molar-refractivity contribution >= 4 is 29.4 Å². The summed E-state index contributed by atoms with van der Waals surface area (Å²) in [6.45, 7) is 0.401. The normalized spacial score (nSPS) is 12.6. The summed E-state index contributed by atoms with van der Waals surface area (Å²) in [5.74, 6) is -3.54. The number of hydrogen-bond acceptors (Lipinski definition) is 7. The Morgan fingerprint density at radius 3 is 2.07 bits per heavy atom. The fourth-order valence-electron chi connectivity index (χ4n) is 2.24. The van der Waals surface area contributed by atoms with Crippen LogP contribution in [0.2, 0.25) is 0 Å². The van der Waals surface area contributed by atoms with Crippen LogP contribution in [0.4, 0.5) is 10.1 Å². The van der Waals surface area contributed by atoms with E-state index in [0.29, 0.717) is 11.3 Å². The quantitative estimate of drug-likeness (QED) is 0.388. The number of halogens is 1. The van der Waals surface area contributed by atoms with Crippen molar-refractivity contribution in [1.29, 1.82) is 0 Å². The topological polar surface area (TPSA) is 144 Å². The number of carboxylic acid groups (broad SMARTS) is 2. The maximum atomic E-state index is 12.6. The second-order valence-electron chi connectivity index (χ2n) is 6.52. The number of aliphatic carboxylic acids is 2. The smallest absolute Gasteiger partial charge is 0.335 e. The molecule has 0 aliphatic heterocycles. The van der Waals surface area contributed by atoms with Gasteiger partial charge in [-0.2, -0.15) is 0 Å². The molecule has 0 aromatic heterocycles. The summed E-state index contributed by atoms with van der Waals surface area (Å²) in [5, 5.41) is 32.5. The van der Waals surface area contributed by atoms with E-state index in [2.05, 4.69) is 17.0 Å². The Morgan fingerprint density at radius 1 is 1.03 bits per heavy atom. The van der Waals surface area contributed by atoms with Crippen LogP contribution in [0.15, 0.2) is 52.3 Å². The molecule has 2 rings (SSSR count). The fourth-order valence-corrected chi connectivity index (χ4v) is 3.20. The molecule has 2 unspecified atom stereocenters. The zero-order chi connectivity index (χ0) is 22.8. The Bertz CT molecular complexity index is 847. The average molecular weight is 440 g/mol. The van der Waals surface area contributed by atoms with Gasteiger partial charge < -0.3 is 31.1 Å². The van der Waals surface area contributed by atoms with Crippen LogP contribution in [0.5, 0.6) is 0 Å². The van der Waals surface area contributed by atoms with Gasteiger partial charge >= 0.3 is 11.9 Å². The average Bonchev–Trinajstić information content (AvgIpc) is 2.69. The van der Waals surface area contributed by atoms with E-state index in [1.807, 2.05) is 32.3 Å². The van der Waals surface area contributed by atoms with Crippen molar-refractivity contribution in [2.24, 2.45) is 0 Å². The Kier molecular flexibility index (Phi) is 10.3. The Labute approximate surface area is 177 Å². The molecule has 8 nitrogen and oxygen atoms in total. The molecule has 30 heavy (non-hydrogen) atoms. The summed E-state index contributed by atoms with van der Waals surface area (Å²) < 4.78 is 12.6. The highest BCUT2D eigenvalue weighted by atomic mass is 32.2. The lowest BCUT2D eigenvalue weighted by Gasteiger charge is -2.14. The van der Waals surface area contributed by atoms with Crippen molar-refractivity contribution in [3.63, 3.8) is 0 Å². The lowest BCUT2D eigenvalue weighted by atomic mass is 10.2. The number of carbonyl (C=O) groups is 2. The van der Waals surface area contributed by atoms with E-state index in [9.17, 15) is 14.0 Å². The second kappa shape index (κ2) is 12.1. The molecule has 0 saturated carbocycles. The molecule has 164 valence electrons. The van der Waals surface area contributed by atoms with E-state index in [-0.39, 0.29) is 0 Å². The number of nitrogens with zero attached hydrogens (tertiary/aromatic N) is 1. The van der Waals surface area contributed by atoms with Crippen molar-refractivity contribution in [2.45, 2.75) is 35.2 Å². The number of aliphatic hydroxyl groups excluding tert-OH is 2. The summed E-state index contributed by atoms with van der Waals surface area (Å²) in [5.41, 5.74) is 8.51. The number of benzene rings is 2. The van der Waals surface area contributed by atoms with Gasteiger partial charge in [-0.05, 0) is 43.4 Å². The van der Waals surface area contributed by atoms with Crippen LogP contribution in [0.3, 0.4) is 0 Å². The minimum atomic E-state index is -2.27. The number of nitrogen functional groups attached to an aromatic ring is 1. The molecule has 10 heteroatoms. The van der Waals surface area contributed by atoms with E-state index < -0.39 is 30.8 Å². The highest BCUT2D eigenvalue weighted by molar-refractivity contribution is 7.99. The molecule has 2 atom stereocenters. The third-order valence-corrected chi connectivity index (χ3v) is 4.92. The molecule has 6 N–H and O–H groups in total. The fraction of sp³-hybridized carbons (Fsp3) is 0.300. The Balaban J connectivity index is 0.000000382. The van der Waals surface area contributed by atoms with Crippen molar-refractivity contribution in [2.75, 3.05) is 19.8 Å². The Hall–Kier alpha value is -2.66. The van der Waals surface area contributed by atoms with Crippen molar-refractivity contribution in [3.05, 3.63) is 53.6 Å². The van der Waals surface area contributed by atoms with E-state index >= 15 is 0 Å². The molecule has 0 bridgehead atoms. The summed E-state index contributed by atoms with van der Waals surface area (Å²) in [4.78, 5) is 23.8. The first kappa shape index (κ1) is 25.4. The molecule has 0 heterocycles. The lowest BCUT2D eigenvalue weighted by molar-refractivity contribution is -0.165. The first-order valence-corrected chi connectivity index (χ1v) is 9.55. The minimum absolute atomic E-state index is 0.480. The highest BCUT2D eigenvalue weighted by Gasteiger charge is 2.29. The van der Waals surface area contributed by atoms with Gasteiger partial charge in [-0.3, -0.25) is 0 Å². The second-order valence-corrected chi connectivity index (χ2v) is 7.60. The molecule has 2 aromatic rings. The van der Waals surface area contributed by atoms with Gasteiger partial charge in [0.15, 0.2) is 12.2 Å². The third kappa shape index (κ3) is 7.99. The number of alkyl halides is 1. The standard InChI is InChI=1S/C16H19FN2S.C4H6O6/c1-19(2)11-13-5-3-4-6-15(13)20-16-8-7-12(10-17)9-14(16)18;5-1(3(7)8)2(6)4(9)10/h3-9H,10-11,18H2,1-2H3;1-2,5-6H,(H,7,8)(H,9,10). The number of rotatable bonds is 8. The van der Waals surface area contributed by atoms with Gasteiger partial charge in [-0.15, -0.1) is 0 Å². The molecule has 0 spiro atoms. The zero-order valence-corrected chi connectivity index (χ0v) is 17.3. The maximum absolute atomic E-state index is 12.6. The lowest BCUT2D eigenvalue weighted by Crippen LogP contribution is -2.39.